The number of hydrogen-bond donors (Lipinski definition) is 0. The maximum atomic E-state index is 8.83. The molecule has 5 heteroatoms. The van der Waals surface area contributed by atoms with E-state index in [0.29, 0.717) is 24.7 Å². The zero-order valence-electron chi connectivity index (χ0n) is 8.22. The Morgan fingerprint density at radius 1 is 1.47 bits per heavy atom. The third-order valence-electron chi connectivity index (χ3n) is 2.25. The third kappa shape index (κ3) is 2.42. The van der Waals surface area contributed by atoms with E-state index in [0.717, 1.165) is 12.8 Å². The average molecular weight is 205 g/mol. The van der Waals surface area contributed by atoms with Crippen LogP contribution in [0.1, 0.15) is 18.4 Å². The van der Waals surface area contributed by atoms with Gasteiger partial charge in [-0.2, -0.15) is 10.4 Å². The molecular formula is C10H11N3O2. The molecule has 1 fully saturated rings. The summed E-state index contributed by atoms with van der Waals surface area (Å²) in [7, 11) is 0. The first kappa shape index (κ1) is 9.87. The molecule has 1 saturated heterocycles. The summed E-state index contributed by atoms with van der Waals surface area (Å²) in [6, 6.07) is 3.63. The fourth-order valence-electron chi connectivity index (χ4n) is 1.44. The Kier molecular flexibility index (Phi) is 3.10. The Hall–Kier alpha value is -1.67. The van der Waals surface area contributed by atoms with Gasteiger partial charge in [0.25, 0.3) is 5.88 Å². The highest BCUT2D eigenvalue weighted by Gasteiger charge is 2.17. The quantitative estimate of drug-likeness (QED) is 0.717. The van der Waals surface area contributed by atoms with Crippen molar-refractivity contribution in [2.45, 2.75) is 18.9 Å². The summed E-state index contributed by atoms with van der Waals surface area (Å²) in [5.74, 6) is 0.326. The van der Waals surface area contributed by atoms with Crippen molar-refractivity contribution in [2.24, 2.45) is 0 Å². The fraction of sp³-hybridized carbons (Fsp3) is 0.500. The molecule has 0 unspecified atom stereocenters. The van der Waals surface area contributed by atoms with Crippen molar-refractivity contribution in [1.29, 1.82) is 5.26 Å². The fourth-order valence-corrected chi connectivity index (χ4v) is 1.44. The number of rotatable bonds is 2. The van der Waals surface area contributed by atoms with Crippen molar-refractivity contribution < 1.29 is 9.47 Å². The highest BCUT2D eigenvalue weighted by molar-refractivity contribution is 5.35. The molecule has 1 aliphatic heterocycles. The van der Waals surface area contributed by atoms with Crippen LogP contribution in [0.2, 0.25) is 0 Å². The Morgan fingerprint density at radius 3 is 3.00 bits per heavy atom. The maximum Gasteiger partial charge on any atom is 0.251 e. The van der Waals surface area contributed by atoms with Crippen LogP contribution in [0.4, 0.5) is 0 Å². The zero-order valence-corrected chi connectivity index (χ0v) is 8.22. The lowest BCUT2D eigenvalue weighted by Crippen LogP contribution is -2.26. The summed E-state index contributed by atoms with van der Waals surface area (Å²) in [4.78, 5) is 0. The first-order valence-electron chi connectivity index (χ1n) is 4.86. The Morgan fingerprint density at radius 2 is 2.27 bits per heavy atom. The molecule has 0 aliphatic carbocycles. The van der Waals surface area contributed by atoms with Crippen LogP contribution >= 0.6 is 0 Å². The van der Waals surface area contributed by atoms with E-state index >= 15 is 0 Å². The largest absolute Gasteiger partial charge is 0.472 e. The van der Waals surface area contributed by atoms with Gasteiger partial charge >= 0.3 is 0 Å². The van der Waals surface area contributed by atoms with Crippen molar-refractivity contribution >= 4 is 0 Å². The van der Waals surface area contributed by atoms with Crippen molar-refractivity contribution in [3.8, 4) is 11.9 Å². The molecule has 0 bridgehead atoms. The second kappa shape index (κ2) is 4.71. The van der Waals surface area contributed by atoms with Crippen LogP contribution in [0.5, 0.6) is 5.88 Å². The number of hydrogen-bond acceptors (Lipinski definition) is 5. The van der Waals surface area contributed by atoms with Crippen LogP contribution in [0.15, 0.2) is 12.3 Å². The predicted octanol–water partition coefficient (Wildman–Crippen LogP) is 0.906. The minimum atomic E-state index is 0.0857. The lowest BCUT2D eigenvalue weighted by Gasteiger charge is -2.22. The van der Waals surface area contributed by atoms with E-state index in [1.165, 1.54) is 6.20 Å². The molecule has 0 atom stereocenters. The van der Waals surface area contributed by atoms with Crippen molar-refractivity contribution in [3.05, 3.63) is 17.8 Å². The van der Waals surface area contributed by atoms with Crippen molar-refractivity contribution in [3.63, 3.8) is 0 Å². The van der Waals surface area contributed by atoms with Gasteiger partial charge in [0.2, 0.25) is 0 Å². The predicted molar refractivity (Wildman–Crippen MR) is 51.2 cm³/mol. The molecule has 1 aromatic heterocycles. The molecule has 0 N–H and O–H groups in total. The van der Waals surface area contributed by atoms with E-state index in [1.54, 1.807) is 6.07 Å². The van der Waals surface area contributed by atoms with E-state index in [1.807, 2.05) is 6.07 Å². The Bertz CT molecular complexity index is 369. The van der Waals surface area contributed by atoms with E-state index < -0.39 is 0 Å². The Balaban J connectivity index is 2.06. The van der Waals surface area contributed by atoms with Gasteiger partial charge in [-0.1, -0.05) is 0 Å². The molecule has 0 aromatic carbocycles. The summed E-state index contributed by atoms with van der Waals surface area (Å²) in [6.45, 7) is 1.40. The number of nitriles is 1. The third-order valence-corrected chi connectivity index (χ3v) is 2.25. The molecule has 0 spiro atoms. The van der Waals surface area contributed by atoms with Crippen LogP contribution in [0.25, 0.3) is 0 Å². The summed E-state index contributed by atoms with van der Waals surface area (Å²) in [5.41, 5.74) is 0.427. The van der Waals surface area contributed by atoms with E-state index in [2.05, 4.69) is 10.2 Å². The van der Waals surface area contributed by atoms with Crippen LogP contribution in [-0.2, 0) is 4.74 Å². The summed E-state index contributed by atoms with van der Waals surface area (Å²) in [6.07, 6.45) is 3.24. The molecule has 1 aliphatic rings. The smallest absolute Gasteiger partial charge is 0.251 e. The van der Waals surface area contributed by atoms with Gasteiger partial charge in [0, 0.05) is 12.8 Å². The lowest BCUT2D eigenvalue weighted by atomic mass is 10.1. The average Bonchev–Trinajstić information content (AvgIpc) is 2.31. The molecular weight excluding hydrogens is 194 g/mol. The van der Waals surface area contributed by atoms with Crippen LogP contribution in [0, 0.1) is 11.3 Å². The van der Waals surface area contributed by atoms with Crippen LogP contribution in [0.3, 0.4) is 0 Å². The van der Waals surface area contributed by atoms with Gasteiger partial charge in [-0.15, -0.1) is 5.10 Å². The van der Waals surface area contributed by atoms with Gasteiger partial charge in [0.05, 0.1) is 19.4 Å². The summed E-state index contributed by atoms with van der Waals surface area (Å²) in [5, 5.41) is 16.3. The standard InChI is InChI=1S/C10H11N3O2/c11-7-8-1-4-12-13-10(8)15-9-2-5-14-6-3-9/h1,4,9H,2-3,5-6H2. The second-order valence-electron chi connectivity index (χ2n) is 3.29. The van der Waals surface area contributed by atoms with Gasteiger partial charge in [-0.25, -0.2) is 0 Å². The monoisotopic (exact) mass is 205 g/mol. The normalized spacial score (nSPS) is 17.0. The highest BCUT2D eigenvalue weighted by Crippen LogP contribution is 2.18. The molecule has 5 nitrogen and oxygen atoms in total. The number of ether oxygens (including phenoxy) is 2. The van der Waals surface area contributed by atoms with E-state index in [4.69, 9.17) is 14.7 Å². The molecule has 2 heterocycles. The Labute approximate surface area is 87.6 Å². The van der Waals surface area contributed by atoms with Crippen LogP contribution in [-0.4, -0.2) is 29.5 Å². The topological polar surface area (TPSA) is 68.0 Å². The number of nitrogens with zero attached hydrogens (tertiary/aromatic N) is 3. The van der Waals surface area contributed by atoms with Gasteiger partial charge in [0.1, 0.15) is 17.7 Å². The minimum Gasteiger partial charge on any atom is -0.472 e. The first-order chi connectivity index (χ1) is 7.40. The first-order valence-corrected chi connectivity index (χ1v) is 4.86. The zero-order chi connectivity index (χ0) is 10.5. The van der Waals surface area contributed by atoms with Gasteiger partial charge in [0.15, 0.2) is 0 Å². The maximum absolute atomic E-state index is 8.83. The number of aromatic nitrogens is 2. The van der Waals surface area contributed by atoms with Gasteiger partial charge in [-0.3, -0.25) is 0 Å². The van der Waals surface area contributed by atoms with Crippen LogP contribution < -0.4 is 4.74 Å². The lowest BCUT2D eigenvalue weighted by molar-refractivity contribution is 0.0232. The van der Waals surface area contributed by atoms with Crippen molar-refractivity contribution in [1.82, 2.24) is 10.2 Å². The molecule has 78 valence electrons. The molecule has 1 aromatic rings. The molecule has 0 saturated carbocycles. The molecule has 15 heavy (non-hydrogen) atoms. The highest BCUT2D eigenvalue weighted by atomic mass is 16.5. The summed E-state index contributed by atoms with van der Waals surface area (Å²) >= 11 is 0. The van der Waals surface area contributed by atoms with Gasteiger partial charge < -0.3 is 9.47 Å². The van der Waals surface area contributed by atoms with E-state index in [-0.39, 0.29) is 6.10 Å². The summed E-state index contributed by atoms with van der Waals surface area (Å²) < 4.78 is 10.8. The SMILES string of the molecule is N#Cc1ccnnc1OC1CCOCC1. The van der Waals surface area contributed by atoms with E-state index in [9.17, 15) is 0 Å². The second-order valence-corrected chi connectivity index (χ2v) is 3.29. The van der Waals surface area contributed by atoms with Crippen molar-refractivity contribution in [2.75, 3.05) is 13.2 Å². The molecule has 0 amide bonds. The minimum absolute atomic E-state index is 0.0857. The van der Waals surface area contributed by atoms with Gasteiger partial charge in [-0.05, 0) is 6.07 Å². The molecule has 0 radical (unpaired) electrons. The molecule has 2 rings (SSSR count).